The zero-order valence-corrected chi connectivity index (χ0v) is 30.8. The van der Waals surface area contributed by atoms with Gasteiger partial charge in [-0.2, -0.15) is 0 Å². The summed E-state index contributed by atoms with van der Waals surface area (Å²) in [5.41, 5.74) is 31.5. The molecule has 1 aromatic rings. The van der Waals surface area contributed by atoms with Crippen molar-refractivity contribution in [2.24, 2.45) is 49.1 Å². The summed E-state index contributed by atoms with van der Waals surface area (Å²) in [5.74, 6) is -3.62. The molecule has 15 N–H and O–H groups in total. The van der Waals surface area contributed by atoms with Gasteiger partial charge < -0.3 is 64.4 Å². The van der Waals surface area contributed by atoms with E-state index in [9.17, 15) is 34.0 Å². The Morgan fingerprint density at radius 2 is 1.28 bits per heavy atom. The van der Waals surface area contributed by atoms with Gasteiger partial charge >= 0.3 is 17.9 Å². The van der Waals surface area contributed by atoms with E-state index in [1.54, 1.807) is 6.92 Å². The second-order valence-corrected chi connectivity index (χ2v) is 13.5. The van der Waals surface area contributed by atoms with Gasteiger partial charge in [0.15, 0.2) is 25.9 Å². The van der Waals surface area contributed by atoms with Crippen LogP contribution in [0.4, 0.5) is 0 Å². The highest BCUT2D eigenvalue weighted by atomic mass is 31.1. The quantitative estimate of drug-likeness (QED) is 0.0399. The van der Waals surface area contributed by atoms with Crippen LogP contribution in [0, 0.1) is 0 Å². The highest BCUT2D eigenvalue weighted by molar-refractivity contribution is 7.38. The lowest BCUT2D eigenvalue weighted by Crippen LogP contribution is -2.52. The van der Waals surface area contributed by atoms with Crippen molar-refractivity contribution in [1.29, 1.82) is 0 Å². The van der Waals surface area contributed by atoms with Crippen LogP contribution in [0.15, 0.2) is 45.1 Å². The third-order valence-corrected chi connectivity index (χ3v) is 9.27. The summed E-state index contributed by atoms with van der Waals surface area (Å²) in [7, 11) is -1.94. The van der Waals surface area contributed by atoms with Crippen LogP contribution in [-0.2, 0) is 30.1 Å². The standard InChI is InChI=1S/C20H26N3O5P.2C6H14N4O2/c1-14(21-29(28)13-15-7-3-2-4-8-15)18(24)22-11-5-9-16(22)19(25)23-12-6-10-17(23)20(26)27;2*7-4(5(11)12)2-1-3-10-6(8)9/h2-4,7-8,14,16-17H,5-6,9-13H2,1H3,(H,26,27);2*4H,1-3,7H2,(H,11,12)(H4,8,9,10)/t14-,16-,17-;2*4-/m000/s1. The first kappa shape index (κ1) is 46.1. The molecule has 0 bridgehead atoms. The maximum Gasteiger partial charge on any atom is 0.326 e. The van der Waals surface area contributed by atoms with Crippen LogP contribution in [0.25, 0.3) is 0 Å². The molecule has 2 amide bonds. The smallest absolute Gasteiger partial charge is 0.326 e. The topological polar surface area (TPSA) is 369 Å². The van der Waals surface area contributed by atoms with Gasteiger partial charge in [-0.25, -0.2) is 4.79 Å². The van der Waals surface area contributed by atoms with E-state index in [4.69, 9.17) is 44.6 Å². The van der Waals surface area contributed by atoms with Crippen LogP contribution in [0.3, 0.4) is 0 Å². The number of likely N-dealkylation sites (tertiary alicyclic amines) is 2. The molecule has 53 heavy (non-hydrogen) atoms. The van der Waals surface area contributed by atoms with Crippen LogP contribution in [0.5, 0.6) is 0 Å². The lowest BCUT2D eigenvalue weighted by atomic mass is 10.1. The summed E-state index contributed by atoms with van der Waals surface area (Å²) in [4.78, 5) is 80.3. The Labute approximate surface area is 309 Å². The monoisotopic (exact) mass is 767 g/mol. The molecule has 2 aliphatic heterocycles. The third-order valence-electron chi connectivity index (χ3n) is 8.03. The molecule has 3 rings (SSSR count). The second-order valence-electron chi connectivity index (χ2n) is 12.3. The maximum atomic E-state index is 12.9. The predicted octanol–water partition coefficient (Wildman–Crippen LogP) is -1.51. The van der Waals surface area contributed by atoms with E-state index < -0.39 is 56.1 Å². The largest absolute Gasteiger partial charge is 0.612 e. The van der Waals surface area contributed by atoms with Crippen LogP contribution in [-0.4, -0.2) is 123 Å². The average Bonchev–Trinajstić information content (AvgIpc) is 3.79. The lowest BCUT2D eigenvalue weighted by Gasteiger charge is -2.30. The van der Waals surface area contributed by atoms with Gasteiger partial charge in [0.2, 0.25) is 5.91 Å². The Hall–Kier alpha value is -4.91. The van der Waals surface area contributed by atoms with Gasteiger partial charge in [-0.05, 0) is 63.9 Å². The number of aliphatic imine (C=N–C) groups is 2. The molecular formula is C32H54N11O9P. The van der Waals surface area contributed by atoms with Crippen molar-refractivity contribution < 1.29 is 44.2 Å². The first-order valence-electron chi connectivity index (χ1n) is 17.1. The zero-order chi connectivity index (χ0) is 40.1. The predicted molar refractivity (Wildman–Crippen MR) is 197 cm³/mol. The van der Waals surface area contributed by atoms with Gasteiger partial charge in [0, 0.05) is 26.2 Å². The summed E-state index contributed by atoms with van der Waals surface area (Å²) in [6.45, 7) is 3.26. The number of guanidine groups is 2. The number of carbonyl (C=O) groups excluding carboxylic acids is 2. The number of hydrogen-bond donors (Lipinski definition) is 9. The fourth-order valence-corrected chi connectivity index (χ4v) is 6.40. The summed E-state index contributed by atoms with van der Waals surface area (Å²) in [6, 6.07) is 5.38. The normalized spacial score (nSPS) is 18.2. The van der Waals surface area contributed by atoms with E-state index in [2.05, 4.69) is 14.7 Å². The minimum atomic E-state index is -1.94. The number of nitrogens with zero attached hydrogens (tertiary/aromatic N) is 5. The van der Waals surface area contributed by atoms with Crippen molar-refractivity contribution in [3.05, 3.63) is 35.9 Å². The number of nitrogens with two attached hydrogens (primary N) is 6. The molecule has 1 aromatic carbocycles. The van der Waals surface area contributed by atoms with Gasteiger partial charge in [-0.15, -0.1) is 4.74 Å². The van der Waals surface area contributed by atoms with E-state index in [1.165, 1.54) is 9.80 Å². The molecule has 0 saturated carbocycles. The van der Waals surface area contributed by atoms with Crippen LogP contribution < -0.4 is 39.3 Å². The summed E-state index contributed by atoms with van der Waals surface area (Å²) in [6.07, 6.45) is 4.45. The first-order valence-corrected chi connectivity index (χ1v) is 18.5. The van der Waals surface area contributed by atoms with Gasteiger partial charge in [0.25, 0.3) is 5.91 Å². The fourth-order valence-electron chi connectivity index (χ4n) is 5.31. The van der Waals surface area contributed by atoms with Gasteiger partial charge in [0.1, 0.15) is 30.3 Å². The van der Waals surface area contributed by atoms with Gasteiger partial charge in [-0.1, -0.05) is 30.3 Å². The molecule has 2 fully saturated rings. The molecule has 21 heteroatoms. The number of carboxylic acids is 3. The van der Waals surface area contributed by atoms with Crippen LogP contribution >= 0.6 is 7.94 Å². The molecular weight excluding hydrogens is 713 g/mol. The molecule has 0 spiro atoms. The molecule has 1 unspecified atom stereocenters. The molecule has 296 valence electrons. The Bertz CT molecular complexity index is 1400. The Morgan fingerprint density at radius 3 is 1.74 bits per heavy atom. The summed E-state index contributed by atoms with van der Waals surface area (Å²) >= 11 is 0. The number of rotatable bonds is 16. The fraction of sp³-hybridized carbons (Fsp3) is 0.594. The van der Waals surface area contributed by atoms with E-state index in [1.807, 2.05) is 30.3 Å². The highest BCUT2D eigenvalue weighted by Crippen LogP contribution is 2.28. The van der Waals surface area contributed by atoms with E-state index in [0.29, 0.717) is 77.5 Å². The lowest BCUT2D eigenvalue weighted by molar-refractivity contribution is -0.157. The second kappa shape index (κ2) is 24.4. The molecule has 2 saturated heterocycles. The zero-order valence-electron chi connectivity index (χ0n) is 29.9. The van der Waals surface area contributed by atoms with Crippen molar-refractivity contribution in [2.75, 3.05) is 26.2 Å². The summed E-state index contributed by atoms with van der Waals surface area (Å²) < 4.78 is 4.15. The molecule has 2 heterocycles. The van der Waals surface area contributed by atoms with Crippen molar-refractivity contribution in [3.63, 3.8) is 0 Å². The first-order chi connectivity index (χ1) is 25.0. The number of carboxylic acid groups (broad SMARTS) is 3. The Morgan fingerprint density at radius 1 is 0.811 bits per heavy atom. The van der Waals surface area contributed by atoms with Crippen molar-refractivity contribution in [3.8, 4) is 0 Å². The number of aliphatic carboxylic acids is 3. The molecule has 0 aliphatic carbocycles. The number of carbonyl (C=O) groups is 5. The van der Waals surface area contributed by atoms with Crippen molar-refractivity contribution in [2.45, 2.75) is 94.7 Å². The van der Waals surface area contributed by atoms with Crippen molar-refractivity contribution >= 4 is 49.6 Å². The SMILES string of the molecule is C[C@H](N=[P+]([O-])Cc1ccccc1)C(=O)N1CCC[C@H]1C(=O)N1CCC[C@H]1C(=O)O.NC(N)=NCCC[C@H](N)C(=O)O.NC(N)=NCCC[C@H](N)C(=O)O. The minimum absolute atomic E-state index is 0.0129. The number of amides is 2. The van der Waals surface area contributed by atoms with Crippen LogP contribution in [0.2, 0.25) is 0 Å². The van der Waals surface area contributed by atoms with Gasteiger partial charge in [-0.3, -0.25) is 29.2 Å². The molecule has 2 aliphatic rings. The molecule has 20 nitrogen and oxygen atoms in total. The van der Waals surface area contributed by atoms with Crippen LogP contribution in [0.1, 0.15) is 63.9 Å². The Kier molecular flexibility index (Phi) is 21.2. The molecule has 6 atom stereocenters. The molecule has 0 radical (unpaired) electrons. The molecule has 0 aromatic heterocycles. The van der Waals surface area contributed by atoms with E-state index >= 15 is 0 Å². The third kappa shape index (κ3) is 17.9. The average molecular weight is 768 g/mol. The highest BCUT2D eigenvalue weighted by Gasteiger charge is 2.43. The number of benzene rings is 1. The maximum absolute atomic E-state index is 12.9. The number of hydrogen-bond acceptors (Lipinski definition) is 11. The van der Waals surface area contributed by atoms with Crippen molar-refractivity contribution in [1.82, 2.24) is 9.80 Å². The minimum Gasteiger partial charge on any atom is -0.612 e. The van der Waals surface area contributed by atoms with E-state index in [0.717, 1.165) is 5.56 Å². The van der Waals surface area contributed by atoms with E-state index in [-0.39, 0.29) is 29.9 Å². The van der Waals surface area contributed by atoms with Gasteiger partial charge in [0.05, 0.1) is 0 Å². The Balaban J connectivity index is 0.000000484. The summed E-state index contributed by atoms with van der Waals surface area (Å²) in [5, 5.41) is 26.1.